The Balaban J connectivity index is 1.77. The molecule has 2 aromatic heterocycles. The molecular weight excluding hydrogens is 491 g/mol. The molecule has 1 amide bonds. The fourth-order valence-corrected chi connectivity index (χ4v) is 4.79. The van der Waals surface area contributed by atoms with E-state index in [4.69, 9.17) is 27.9 Å². The van der Waals surface area contributed by atoms with Crippen molar-refractivity contribution in [1.82, 2.24) is 15.0 Å². The number of nitrogens with one attached hydrogen (secondary N) is 1. The first kappa shape index (κ1) is 22.9. The third kappa shape index (κ3) is 3.80. The molecule has 2 aromatic carbocycles. The minimum absolute atomic E-state index is 0.0807. The van der Waals surface area contributed by atoms with Gasteiger partial charge in [-0.05, 0) is 48.4 Å². The van der Waals surface area contributed by atoms with Gasteiger partial charge in [-0.3, -0.25) is 19.5 Å². The van der Waals surface area contributed by atoms with Crippen LogP contribution < -0.4 is 9.64 Å². The maximum atomic E-state index is 13.3. The largest absolute Gasteiger partial charge is 0.507 e. The average molecular weight is 509 g/mol. The summed E-state index contributed by atoms with van der Waals surface area (Å²) in [6, 6.07) is 10.8. The summed E-state index contributed by atoms with van der Waals surface area (Å²) >= 11 is 12.4. The fourth-order valence-electron chi connectivity index (χ4n) is 4.22. The number of aliphatic hydroxyl groups excluding tert-OH is 1. The molecule has 2 N–H and O–H groups in total. The lowest BCUT2D eigenvalue weighted by molar-refractivity contribution is -0.132. The molecule has 10 heteroatoms. The summed E-state index contributed by atoms with van der Waals surface area (Å²) in [5, 5.41) is 11.7. The average Bonchev–Trinajstić information content (AvgIpc) is 3.36. The second kappa shape index (κ2) is 8.72. The van der Waals surface area contributed by atoms with Crippen molar-refractivity contribution in [2.45, 2.75) is 13.0 Å². The predicted molar refractivity (Wildman–Crippen MR) is 133 cm³/mol. The first-order valence-electron chi connectivity index (χ1n) is 10.5. The quantitative estimate of drug-likeness (QED) is 0.222. The van der Waals surface area contributed by atoms with E-state index in [0.717, 1.165) is 5.56 Å². The number of imidazole rings is 1. The number of hydrogen-bond donors (Lipinski definition) is 2. The third-order valence-electron chi connectivity index (χ3n) is 5.77. The Morgan fingerprint density at radius 1 is 1.17 bits per heavy atom. The molecule has 35 heavy (non-hydrogen) atoms. The lowest BCUT2D eigenvalue weighted by Gasteiger charge is -2.23. The minimum atomic E-state index is -1.02. The zero-order valence-corrected chi connectivity index (χ0v) is 20.1. The van der Waals surface area contributed by atoms with Crippen LogP contribution in [0.15, 0.2) is 60.4 Å². The SMILES string of the molecule is COc1c(Cl)cc(Cl)cc1/C(O)=C1\C(=O)C(=O)N(c2nc3ccc(C)cc3[nH]2)C1c1cccnc1. The van der Waals surface area contributed by atoms with Crippen molar-refractivity contribution in [1.29, 1.82) is 0 Å². The lowest BCUT2D eigenvalue weighted by atomic mass is 9.96. The van der Waals surface area contributed by atoms with Crippen LogP contribution in [0.1, 0.15) is 22.7 Å². The minimum Gasteiger partial charge on any atom is -0.507 e. The molecule has 1 fully saturated rings. The summed E-state index contributed by atoms with van der Waals surface area (Å²) in [6.07, 6.45) is 3.09. The first-order valence-corrected chi connectivity index (χ1v) is 11.3. The summed E-state index contributed by atoms with van der Waals surface area (Å²) in [4.78, 5) is 39.7. The van der Waals surface area contributed by atoms with Gasteiger partial charge < -0.3 is 14.8 Å². The Bertz CT molecular complexity index is 1530. The second-order valence-electron chi connectivity index (χ2n) is 8.00. The van der Waals surface area contributed by atoms with Crippen LogP contribution in [0.3, 0.4) is 0 Å². The number of Topliss-reactive ketones (excluding diaryl/α,β-unsaturated/α-hetero) is 1. The van der Waals surface area contributed by atoms with Crippen LogP contribution >= 0.6 is 23.2 Å². The second-order valence-corrected chi connectivity index (χ2v) is 8.85. The number of halogens is 2. The summed E-state index contributed by atoms with van der Waals surface area (Å²) in [5.41, 5.74) is 2.74. The van der Waals surface area contributed by atoms with Gasteiger partial charge in [0.05, 0.1) is 40.3 Å². The van der Waals surface area contributed by atoms with Crippen molar-refractivity contribution in [3.05, 3.63) is 87.2 Å². The van der Waals surface area contributed by atoms with E-state index < -0.39 is 23.5 Å². The molecule has 1 aliphatic rings. The maximum Gasteiger partial charge on any atom is 0.302 e. The van der Waals surface area contributed by atoms with Gasteiger partial charge in [0.1, 0.15) is 11.5 Å². The van der Waals surface area contributed by atoms with E-state index in [1.807, 2.05) is 25.1 Å². The number of nitrogens with zero attached hydrogens (tertiary/aromatic N) is 3. The van der Waals surface area contributed by atoms with Gasteiger partial charge in [-0.25, -0.2) is 4.98 Å². The number of aliphatic hydroxyl groups is 1. The van der Waals surface area contributed by atoms with Crippen molar-refractivity contribution in [2.24, 2.45) is 0 Å². The van der Waals surface area contributed by atoms with Crippen LogP contribution in [0.5, 0.6) is 5.75 Å². The Morgan fingerprint density at radius 3 is 2.69 bits per heavy atom. The standard InChI is InChI=1S/C25H18Cl2N4O4/c1-12-5-6-17-18(8-12)30-25(29-17)31-20(13-4-3-7-28-11-13)19(22(33)24(31)34)21(32)15-9-14(26)10-16(27)23(15)35-2/h3-11,20,32H,1-2H3,(H,29,30)/b21-19+. The highest BCUT2D eigenvalue weighted by molar-refractivity contribution is 6.51. The summed E-state index contributed by atoms with van der Waals surface area (Å²) < 4.78 is 5.35. The number of aromatic amines is 1. The summed E-state index contributed by atoms with van der Waals surface area (Å²) in [7, 11) is 1.37. The van der Waals surface area contributed by atoms with Crippen molar-refractivity contribution in [3.63, 3.8) is 0 Å². The van der Waals surface area contributed by atoms with E-state index >= 15 is 0 Å². The van der Waals surface area contributed by atoms with E-state index in [1.54, 1.807) is 18.3 Å². The van der Waals surface area contributed by atoms with Crippen molar-refractivity contribution in [3.8, 4) is 5.75 Å². The van der Waals surface area contributed by atoms with Gasteiger partial charge in [0, 0.05) is 17.4 Å². The van der Waals surface area contributed by atoms with E-state index in [1.165, 1.54) is 30.3 Å². The Labute approximate surface area is 209 Å². The van der Waals surface area contributed by atoms with Crippen molar-refractivity contribution in [2.75, 3.05) is 12.0 Å². The van der Waals surface area contributed by atoms with Gasteiger partial charge >= 0.3 is 5.91 Å². The molecule has 4 aromatic rings. The van der Waals surface area contributed by atoms with Crippen LogP contribution in [0, 0.1) is 6.92 Å². The lowest BCUT2D eigenvalue weighted by Crippen LogP contribution is -2.30. The van der Waals surface area contributed by atoms with Gasteiger partial charge in [-0.2, -0.15) is 0 Å². The van der Waals surface area contributed by atoms with Crippen LogP contribution in [0.2, 0.25) is 10.0 Å². The molecule has 3 heterocycles. The number of hydrogen-bond acceptors (Lipinski definition) is 6. The predicted octanol–water partition coefficient (Wildman–Crippen LogP) is 5.21. The molecule has 176 valence electrons. The number of aromatic nitrogens is 3. The smallest absolute Gasteiger partial charge is 0.302 e. The molecule has 0 radical (unpaired) electrons. The molecule has 1 atom stereocenters. The van der Waals surface area contributed by atoms with E-state index in [9.17, 15) is 14.7 Å². The molecule has 1 saturated heterocycles. The number of fused-ring (bicyclic) bond motifs is 1. The molecule has 0 bridgehead atoms. The fraction of sp³-hybridized carbons (Fsp3) is 0.120. The number of benzene rings is 2. The Kier molecular flexibility index (Phi) is 5.70. The van der Waals surface area contributed by atoms with E-state index in [2.05, 4.69) is 15.0 Å². The number of ether oxygens (including phenoxy) is 1. The molecule has 1 unspecified atom stereocenters. The van der Waals surface area contributed by atoms with Gasteiger partial charge in [0.2, 0.25) is 5.95 Å². The molecule has 0 saturated carbocycles. The highest BCUT2D eigenvalue weighted by atomic mass is 35.5. The summed E-state index contributed by atoms with van der Waals surface area (Å²) in [6.45, 7) is 1.94. The number of carbonyl (C=O) groups is 2. The summed E-state index contributed by atoms with van der Waals surface area (Å²) in [5.74, 6) is -1.96. The zero-order valence-electron chi connectivity index (χ0n) is 18.5. The Morgan fingerprint density at radius 2 is 1.97 bits per heavy atom. The highest BCUT2D eigenvalue weighted by Crippen LogP contribution is 2.44. The number of carbonyl (C=O) groups excluding carboxylic acids is 2. The van der Waals surface area contributed by atoms with Crippen LogP contribution in [0.4, 0.5) is 5.95 Å². The number of H-pyrrole nitrogens is 1. The van der Waals surface area contributed by atoms with Crippen LogP contribution in [0.25, 0.3) is 16.8 Å². The molecule has 5 rings (SSSR count). The highest BCUT2D eigenvalue weighted by Gasteiger charge is 2.48. The third-order valence-corrected chi connectivity index (χ3v) is 6.26. The number of anilines is 1. The molecule has 1 aliphatic heterocycles. The Hall–Kier alpha value is -3.88. The van der Waals surface area contributed by atoms with Crippen LogP contribution in [-0.4, -0.2) is 38.9 Å². The van der Waals surface area contributed by atoms with E-state index in [-0.39, 0.29) is 32.9 Å². The van der Waals surface area contributed by atoms with Gasteiger partial charge in [-0.15, -0.1) is 0 Å². The normalized spacial score (nSPS) is 17.4. The molecule has 0 spiro atoms. The van der Waals surface area contributed by atoms with E-state index in [0.29, 0.717) is 16.6 Å². The monoisotopic (exact) mass is 508 g/mol. The molecule has 0 aliphatic carbocycles. The molecular formula is C25H18Cl2N4O4. The first-order chi connectivity index (χ1) is 16.8. The van der Waals surface area contributed by atoms with Gasteiger partial charge in [0.25, 0.3) is 5.78 Å². The topological polar surface area (TPSA) is 108 Å². The molecule has 8 nitrogen and oxygen atoms in total. The number of rotatable bonds is 4. The van der Waals surface area contributed by atoms with Crippen LogP contribution in [-0.2, 0) is 9.59 Å². The van der Waals surface area contributed by atoms with Crippen molar-refractivity contribution < 1.29 is 19.4 Å². The number of ketones is 1. The number of pyridine rings is 1. The van der Waals surface area contributed by atoms with Gasteiger partial charge in [0.15, 0.2) is 0 Å². The number of aryl methyl sites for hydroxylation is 1. The maximum absolute atomic E-state index is 13.3. The number of amides is 1. The zero-order chi connectivity index (χ0) is 24.9. The number of methoxy groups -OCH3 is 1. The van der Waals surface area contributed by atoms with Crippen molar-refractivity contribution >= 4 is 57.6 Å². The van der Waals surface area contributed by atoms with Gasteiger partial charge in [-0.1, -0.05) is 35.3 Å².